The topological polar surface area (TPSA) is 34.1 Å². The number of rotatable bonds is 3. The predicted molar refractivity (Wildman–Crippen MR) is 48.0 cm³/mol. The van der Waals surface area contributed by atoms with Gasteiger partial charge in [-0.3, -0.25) is 0 Å². The molecule has 0 fully saturated rings. The highest BCUT2D eigenvalue weighted by atomic mass is 32.2. The maximum atomic E-state index is 10.7. The maximum absolute atomic E-state index is 10.7. The van der Waals surface area contributed by atoms with E-state index >= 15 is 0 Å². The third-order valence-electron chi connectivity index (χ3n) is 1.68. The van der Waals surface area contributed by atoms with Crippen molar-refractivity contribution < 1.29 is 8.42 Å². The minimum atomic E-state index is -2.93. The third kappa shape index (κ3) is 6.10. The van der Waals surface area contributed by atoms with Crippen molar-refractivity contribution >= 4 is 9.84 Å². The molecule has 0 aromatic carbocycles. The van der Waals surface area contributed by atoms with Crippen LogP contribution >= 0.6 is 0 Å². The molecule has 0 N–H and O–H groups in total. The predicted octanol–water partition coefficient (Wildman–Crippen LogP) is 1.84. The van der Waals surface area contributed by atoms with Crippen LogP contribution in [0.25, 0.3) is 0 Å². The molecule has 0 bridgehead atoms. The average Bonchev–Trinajstić information content (AvgIpc) is 1.80. The Morgan fingerprint density at radius 1 is 1.18 bits per heavy atom. The van der Waals surface area contributed by atoms with Crippen LogP contribution < -0.4 is 0 Å². The summed E-state index contributed by atoms with van der Waals surface area (Å²) >= 11 is 0. The molecule has 11 heavy (non-hydrogen) atoms. The summed E-state index contributed by atoms with van der Waals surface area (Å²) in [6.45, 7) is 6.14. The molecule has 0 unspecified atom stereocenters. The molecule has 0 spiro atoms. The van der Waals surface area contributed by atoms with Crippen molar-refractivity contribution in [3.05, 3.63) is 11.5 Å². The van der Waals surface area contributed by atoms with Crippen molar-refractivity contribution in [2.45, 2.75) is 20.8 Å². The van der Waals surface area contributed by atoms with E-state index in [2.05, 4.69) is 13.8 Å². The van der Waals surface area contributed by atoms with E-state index in [1.807, 2.05) is 6.92 Å². The second kappa shape index (κ2) is 3.90. The van der Waals surface area contributed by atoms with E-state index < -0.39 is 9.84 Å². The van der Waals surface area contributed by atoms with Gasteiger partial charge in [0, 0.05) is 11.7 Å². The Hall–Kier alpha value is -0.310. The maximum Gasteiger partial charge on any atom is 0.168 e. The molecule has 3 heteroatoms. The molecule has 1 atom stereocenters. The van der Waals surface area contributed by atoms with Crippen LogP contribution in [0.4, 0.5) is 0 Å². The first kappa shape index (κ1) is 10.7. The first-order valence-corrected chi connectivity index (χ1v) is 5.66. The Morgan fingerprint density at radius 3 is 1.91 bits per heavy atom. The highest BCUT2D eigenvalue weighted by Crippen LogP contribution is 2.11. The highest BCUT2D eigenvalue weighted by Gasteiger charge is 2.03. The van der Waals surface area contributed by atoms with E-state index in [9.17, 15) is 8.42 Å². The summed E-state index contributed by atoms with van der Waals surface area (Å²) in [4.78, 5) is 0. The molecule has 0 saturated heterocycles. The average molecular weight is 176 g/mol. The second-order valence-corrected chi connectivity index (χ2v) is 5.19. The summed E-state index contributed by atoms with van der Waals surface area (Å²) in [5.74, 6) is 0.817. The smallest absolute Gasteiger partial charge is 0.168 e. The van der Waals surface area contributed by atoms with Gasteiger partial charge in [0.15, 0.2) is 9.84 Å². The molecule has 0 heterocycles. The van der Waals surface area contributed by atoms with Gasteiger partial charge in [-0.25, -0.2) is 8.42 Å². The lowest BCUT2D eigenvalue weighted by Gasteiger charge is -2.08. The van der Waals surface area contributed by atoms with Gasteiger partial charge in [-0.15, -0.1) is 0 Å². The van der Waals surface area contributed by atoms with Gasteiger partial charge >= 0.3 is 0 Å². The molecule has 66 valence electrons. The Balaban J connectivity index is 4.15. The van der Waals surface area contributed by atoms with Gasteiger partial charge in [-0.05, 0) is 11.8 Å². The standard InChI is InChI=1S/C8H16O2S/c1-7(2)8(3)5-6-11(4,9)10/h5-8H,1-4H3/b6-5+/t8-/m0/s1. The van der Waals surface area contributed by atoms with Crippen LogP contribution in [-0.2, 0) is 9.84 Å². The zero-order valence-electron chi connectivity index (χ0n) is 7.53. The molecule has 0 aliphatic carbocycles. The van der Waals surface area contributed by atoms with Crippen LogP contribution in [0.5, 0.6) is 0 Å². The monoisotopic (exact) mass is 176 g/mol. The molecule has 0 aromatic rings. The molecule has 0 saturated carbocycles. The summed E-state index contributed by atoms with van der Waals surface area (Å²) in [6, 6.07) is 0. The molecular weight excluding hydrogens is 160 g/mol. The van der Waals surface area contributed by atoms with Gasteiger partial charge in [0.05, 0.1) is 0 Å². The van der Waals surface area contributed by atoms with E-state index in [1.54, 1.807) is 6.08 Å². The fourth-order valence-electron chi connectivity index (χ4n) is 0.489. The van der Waals surface area contributed by atoms with Crippen LogP contribution in [0.1, 0.15) is 20.8 Å². The fraction of sp³-hybridized carbons (Fsp3) is 0.750. The van der Waals surface area contributed by atoms with Gasteiger partial charge in [0.25, 0.3) is 0 Å². The highest BCUT2D eigenvalue weighted by molar-refractivity contribution is 7.93. The van der Waals surface area contributed by atoms with Crippen molar-refractivity contribution in [1.29, 1.82) is 0 Å². The SMILES string of the molecule is CC(C)[C@@H](C)/C=C/S(C)(=O)=O. The molecule has 0 aliphatic rings. The Morgan fingerprint density at radius 2 is 1.64 bits per heavy atom. The minimum absolute atomic E-state index is 0.324. The lowest BCUT2D eigenvalue weighted by atomic mass is 9.99. The zero-order valence-corrected chi connectivity index (χ0v) is 8.35. The molecule has 0 rings (SSSR count). The number of hydrogen-bond acceptors (Lipinski definition) is 2. The van der Waals surface area contributed by atoms with Gasteiger partial charge in [0.1, 0.15) is 0 Å². The summed E-state index contributed by atoms with van der Waals surface area (Å²) < 4.78 is 21.3. The molecular formula is C8H16O2S. The number of sulfone groups is 1. The molecule has 0 radical (unpaired) electrons. The summed E-state index contributed by atoms with van der Waals surface area (Å²) in [7, 11) is -2.93. The lowest BCUT2D eigenvalue weighted by Crippen LogP contribution is -2.00. The Bertz CT molecular complexity index is 224. The van der Waals surface area contributed by atoms with Crippen LogP contribution in [0, 0.1) is 11.8 Å². The minimum Gasteiger partial charge on any atom is -0.225 e. The van der Waals surface area contributed by atoms with E-state index in [4.69, 9.17) is 0 Å². The van der Waals surface area contributed by atoms with Crippen LogP contribution in [0.2, 0.25) is 0 Å². The normalized spacial score (nSPS) is 16.1. The quantitative estimate of drug-likeness (QED) is 0.657. The van der Waals surface area contributed by atoms with E-state index in [-0.39, 0.29) is 0 Å². The van der Waals surface area contributed by atoms with Crippen molar-refractivity contribution in [2.75, 3.05) is 6.26 Å². The number of hydrogen-bond donors (Lipinski definition) is 0. The molecule has 0 aliphatic heterocycles. The van der Waals surface area contributed by atoms with E-state index in [0.717, 1.165) is 0 Å². The van der Waals surface area contributed by atoms with E-state index in [0.29, 0.717) is 11.8 Å². The third-order valence-corrected chi connectivity index (χ3v) is 2.33. The van der Waals surface area contributed by atoms with Crippen molar-refractivity contribution in [3.8, 4) is 0 Å². The largest absolute Gasteiger partial charge is 0.225 e. The van der Waals surface area contributed by atoms with Gasteiger partial charge < -0.3 is 0 Å². The van der Waals surface area contributed by atoms with Crippen LogP contribution in [0.3, 0.4) is 0 Å². The van der Waals surface area contributed by atoms with Crippen LogP contribution in [0.15, 0.2) is 11.5 Å². The van der Waals surface area contributed by atoms with Crippen molar-refractivity contribution in [3.63, 3.8) is 0 Å². The first-order chi connectivity index (χ1) is 4.83. The first-order valence-electron chi connectivity index (χ1n) is 3.71. The molecule has 0 amide bonds. The lowest BCUT2D eigenvalue weighted by molar-refractivity contribution is 0.504. The summed E-state index contributed by atoms with van der Waals surface area (Å²) in [6.07, 6.45) is 2.94. The van der Waals surface area contributed by atoms with Crippen LogP contribution in [-0.4, -0.2) is 14.7 Å². The number of allylic oxidation sites excluding steroid dienone is 1. The second-order valence-electron chi connectivity index (χ2n) is 3.26. The molecule has 0 aromatic heterocycles. The molecule has 2 nitrogen and oxygen atoms in total. The van der Waals surface area contributed by atoms with Gasteiger partial charge in [0.2, 0.25) is 0 Å². The van der Waals surface area contributed by atoms with E-state index in [1.165, 1.54) is 11.7 Å². The van der Waals surface area contributed by atoms with Crippen molar-refractivity contribution in [1.82, 2.24) is 0 Å². The van der Waals surface area contributed by atoms with Crippen molar-refractivity contribution in [2.24, 2.45) is 11.8 Å². The summed E-state index contributed by atoms with van der Waals surface area (Å²) in [5.41, 5.74) is 0. The Labute approximate surface area is 69.2 Å². The Kier molecular flexibility index (Phi) is 3.79. The van der Waals surface area contributed by atoms with Gasteiger partial charge in [-0.1, -0.05) is 26.8 Å². The fourth-order valence-corrected chi connectivity index (χ4v) is 1.02. The zero-order chi connectivity index (χ0) is 9.07. The summed E-state index contributed by atoms with van der Waals surface area (Å²) in [5, 5.41) is 1.28. The van der Waals surface area contributed by atoms with Gasteiger partial charge in [-0.2, -0.15) is 0 Å².